The van der Waals surface area contributed by atoms with Gasteiger partial charge in [0, 0.05) is 13.1 Å². The summed E-state index contributed by atoms with van der Waals surface area (Å²) in [6.07, 6.45) is 0.973. The maximum Gasteiger partial charge on any atom is 0.243 e. The van der Waals surface area contributed by atoms with E-state index >= 15 is 0 Å². The Morgan fingerprint density at radius 3 is 2.48 bits per heavy atom. The van der Waals surface area contributed by atoms with Gasteiger partial charge in [-0.05, 0) is 43.7 Å². The van der Waals surface area contributed by atoms with Gasteiger partial charge < -0.3 is 5.11 Å². The number of benzene rings is 1. The van der Waals surface area contributed by atoms with Crippen LogP contribution in [-0.2, 0) is 10.0 Å². The maximum absolute atomic E-state index is 12.7. The highest BCUT2D eigenvalue weighted by molar-refractivity contribution is 7.89. The molecule has 5 heteroatoms. The van der Waals surface area contributed by atoms with Crippen molar-refractivity contribution in [3.05, 3.63) is 29.8 Å². The number of aryl methyl sites for hydroxylation is 1. The number of sulfonamides is 1. The van der Waals surface area contributed by atoms with E-state index in [-0.39, 0.29) is 5.92 Å². The summed E-state index contributed by atoms with van der Waals surface area (Å²) in [6.45, 7) is 6.94. The molecule has 1 aromatic rings. The lowest BCUT2D eigenvalue weighted by molar-refractivity contribution is 0.0435. The second-order valence-corrected chi connectivity index (χ2v) is 8.36. The molecule has 0 aliphatic carbocycles. The molecule has 1 N–H and O–H groups in total. The molecule has 4 nitrogen and oxygen atoms in total. The average molecular weight is 311 g/mol. The van der Waals surface area contributed by atoms with Crippen LogP contribution in [0.3, 0.4) is 0 Å². The van der Waals surface area contributed by atoms with E-state index < -0.39 is 16.1 Å². The second kappa shape index (κ2) is 6.46. The van der Waals surface area contributed by atoms with Crippen molar-refractivity contribution in [1.29, 1.82) is 0 Å². The second-order valence-electron chi connectivity index (χ2n) is 6.42. The molecule has 21 heavy (non-hydrogen) atoms. The first-order valence-electron chi connectivity index (χ1n) is 7.55. The Balaban J connectivity index is 2.18. The summed E-state index contributed by atoms with van der Waals surface area (Å²) in [5.74, 6) is 0.477. The van der Waals surface area contributed by atoms with Gasteiger partial charge in [0.2, 0.25) is 10.0 Å². The van der Waals surface area contributed by atoms with Crippen LogP contribution < -0.4 is 0 Å². The summed E-state index contributed by atoms with van der Waals surface area (Å²) in [6, 6.07) is 6.95. The van der Waals surface area contributed by atoms with Gasteiger partial charge in [0.05, 0.1) is 11.0 Å². The van der Waals surface area contributed by atoms with Crippen LogP contribution in [0.25, 0.3) is 0 Å². The van der Waals surface area contributed by atoms with Gasteiger partial charge >= 0.3 is 0 Å². The van der Waals surface area contributed by atoms with Crippen molar-refractivity contribution in [2.75, 3.05) is 13.1 Å². The van der Waals surface area contributed by atoms with Gasteiger partial charge in [-0.25, -0.2) is 8.42 Å². The zero-order valence-electron chi connectivity index (χ0n) is 13.0. The lowest BCUT2D eigenvalue weighted by Gasteiger charge is -2.36. The fourth-order valence-electron chi connectivity index (χ4n) is 2.90. The first-order chi connectivity index (χ1) is 9.80. The summed E-state index contributed by atoms with van der Waals surface area (Å²) >= 11 is 0. The summed E-state index contributed by atoms with van der Waals surface area (Å²) in [5.41, 5.74) is 1.04. The van der Waals surface area contributed by atoms with Gasteiger partial charge in [0.25, 0.3) is 0 Å². The fraction of sp³-hybridized carbons (Fsp3) is 0.625. The van der Waals surface area contributed by atoms with Crippen LogP contribution in [0.2, 0.25) is 0 Å². The zero-order chi connectivity index (χ0) is 15.6. The van der Waals surface area contributed by atoms with Crippen LogP contribution in [0.4, 0.5) is 0 Å². The Labute approximate surface area is 127 Å². The Kier molecular flexibility index (Phi) is 5.07. The third kappa shape index (κ3) is 3.84. The molecule has 1 aliphatic heterocycles. The molecule has 2 atom stereocenters. The summed E-state index contributed by atoms with van der Waals surface area (Å²) in [4.78, 5) is 0.341. The van der Waals surface area contributed by atoms with Crippen molar-refractivity contribution in [2.24, 2.45) is 11.8 Å². The Bertz CT molecular complexity index is 566. The minimum Gasteiger partial charge on any atom is -0.393 e. The van der Waals surface area contributed by atoms with E-state index in [0.717, 1.165) is 12.0 Å². The van der Waals surface area contributed by atoms with Crippen molar-refractivity contribution < 1.29 is 13.5 Å². The molecule has 2 rings (SSSR count). The van der Waals surface area contributed by atoms with E-state index in [1.807, 2.05) is 19.1 Å². The molecule has 1 aliphatic rings. The molecule has 0 saturated carbocycles. The molecule has 0 amide bonds. The number of rotatable bonds is 4. The van der Waals surface area contributed by atoms with E-state index in [9.17, 15) is 13.5 Å². The highest BCUT2D eigenvalue weighted by Gasteiger charge is 2.34. The molecule has 1 aromatic carbocycles. The van der Waals surface area contributed by atoms with Crippen LogP contribution >= 0.6 is 0 Å². The van der Waals surface area contributed by atoms with Gasteiger partial charge in [0.15, 0.2) is 0 Å². The van der Waals surface area contributed by atoms with Crippen molar-refractivity contribution in [3.63, 3.8) is 0 Å². The molecule has 0 aromatic heterocycles. The predicted molar refractivity (Wildman–Crippen MR) is 83.5 cm³/mol. The number of hydrogen-bond acceptors (Lipinski definition) is 3. The average Bonchev–Trinajstić information content (AvgIpc) is 2.41. The number of aliphatic hydroxyl groups excluding tert-OH is 1. The third-order valence-corrected chi connectivity index (χ3v) is 5.97. The number of hydrogen-bond donors (Lipinski definition) is 1. The van der Waals surface area contributed by atoms with Gasteiger partial charge in [0.1, 0.15) is 0 Å². The van der Waals surface area contributed by atoms with E-state index in [4.69, 9.17) is 0 Å². The molecule has 118 valence electrons. The molecule has 0 radical (unpaired) electrons. The van der Waals surface area contributed by atoms with Crippen LogP contribution in [0.15, 0.2) is 29.2 Å². The van der Waals surface area contributed by atoms with E-state index in [2.05, 4.69) is 13.8 Å². The van der Waals surface area contributed by atoms with Gasteiger partial charge in [-0.1, -0.05) is 31.5 Å². The van der Waals surface area contributed by atoms with Crippen molar-refractivity contribution in [3.8, 4) is 0 Å². The normalized spacial score (nSPS) is 24.4. The van der Waals surface area contributed by atoms with Crippen molar-refractivity contribution in [2.45, 2.75) is 44.6 Å². The monoisotopic (exact) mass is 311 g/mol. The zero-order valence-corrected chi connectivity index (χ0v) is 13.8. The van der Waals surface area contributed by atoms with E-state index in [0.29, 0.717) is 30.3 Å². The van der Waals surface area contributed by atoms with Gasteiger partial charge in [-0.2, -0.15) is 4.31 Å². The molecule has 1 heterocycles. The van der Waals surface area contributed by atoms with Crippen molar-refractivity contribution >= 4 is 10.0 Å². The van der Waals surface area contributed by atoms with Crippen LogP contribution in [0, 0.1) is 18.8 Å². The highest BCUT2D eigenvalue weighted by atomic mass is 32.2. The van der Waals surface area contributed by atoms with Crippen LogP contribution in [0.1, 0.15) is 32.3 Å². The summed E-state index contributed by atoms with van der Waals surface area (Å²) in [7, 11) is -3.45. The number of aliphatic hydroxyl groups is 1. The standard InChI is InChI=1S/C16H25NO3S/c1-12(2)10-14-11-17(9-8-16(14)18)21(19,20)15-6-4-13(3)5-7-15/h4-7,12,14,16,18H,8-11H2,1-3H3. The first-order valence-corrected chi connectivity index (χ1v) is 8.99. The Morgan fingerprint density at radius 1 is 1.29 bits per heavy atom. The molecular weight excluding hydrogens is 286 g/mol. The quantitative estimate of drug-likeness (QED) is 0.929. The predicted octanol–water partition coefficient (Wildman–Crippen LogP) is 2.41. The molecule has 1 fully saturated rings. The molecule has 1 saturated heterocycles. The number of piperidine rings is 1. The van der Waals surface area contributed by atoms with E-state index in [1.165, 1.54) is 4.31 Å². The topological polar surface area (TPSA) is 57.6 Å². The third-order valence-electron chi connectivity index (χ3n) is 4.09. The van der Waals surface area contributed by atoms with Gasteiger partial charge in [-0.15, -0.1) is 0 Å². The minimum absolute atomic E-state index is 0.0268. The van der Waals surface area contributed by atoms with Crippen LogP contribution in [-0.4, -0.2) is 37.0 Å². The maximum atomic E-state index is 12.7. The van der Waals surface area contributed by atoms with E-state index in [1.54, 1.807) is 12.1 Å². The van der Waals surface area contributed by atoms with Gasteiger partial charge in [-0.3, -0.25) is 0 Å². The lowest BCUT2D eigenvalue weighted by Crippen LogP contribution is -2.46. The fourth-order valence-corrected chi connectivity index (χ4v) is 4.41. The summed E-state index contributed by atoms with van der Waals surface area (Å²) in [5, 5.41) is 10.1. The lowest BCUT2D eigenvalue weighted by atomic mass is 9.88. The van der Waals surface area contributed by atoms with Crippen LogP contribution in [0.5, 0.6) is 0 Å². The largest absolute Gasteiger partial charge is 0.393 e. The molecule has 0 spiro atoms. The first kappa shape index (κ1) is 16.5. The minimum atomic E-state index is -3.45. The summed E-state index contributed by atoms with van der Waals surface area (Å²) < 4.78 is 26.9. The smallest absolute Gasteiger partial charge is 0.243 e. The molecule has 0 bridgehead atoms. The highest BCUT2D eigenvalue weighted by Crippen LogP contribution is 2.28. The molecule has 2 unspecified atom stereocenters. The SMILES string of the molecule is Cc1ccc(S(=O)(=O)N2CCC(O)C(CC(C)C)C2)cc1. The molecular formula is C16H25NO3S. The Hall–Kier alpha value is -0.910. The number of nitrogens with zero attached hydrogens (tertiary/aromatic N) is 1. The van der Waals surface area contributed by atoms with Crippen molar-refractivity contribution in [1.82, 2.24) is 4.31 Å². The Morgan fingerprint density at radius 2 is 1.90 bits per heavy atom.